The maximum Gasteiger partial charge on any atom is 0.213 e. The van der Waals surface area contributed by atoms with Crippen molar-refractivity contribution in [3.63, 3.8) is 0 Å². The molecule has 0 aliphatic carbocycles. The molecule has 0 aliphatic rings. The summed E-state index contributed by atoms with van der Waals surface area (Å²) in [5.41, 5.74) is 4.66. The molecule has 0 atom stereocenters. The van der Waals surface area contributed by atoms with Crippen LogP contribution in [0.3, 0.4) is 0 Å². The molecule has 3 aromatic rings. The van der Waals surface area contributed by atoms with E-state index in [1.165, 1.54) is 10.9 Å². The van der Waals surface area contributed by atoms with Gasteiger partial charge in [-0.2, -0.15) is 4.57 Å². The number of rotatable bonds is 7. The molecule has 0 unspecified atom stereocenters. The molecule has 136 valence electrons. The van der Waals surface area contributed by atoms with Gasteiger partial charge in [-0.15, -0.1) is 0 Å². The van der Waals surface area contributed by atoms with E-state index in [2.05, 4.69) is 74.9 Å². The Morgan fingerprint density at radius 1 is 0.885 bits per heavy atom. The molecule has 0 radical (unpaired) electrons. The number of fused-ring (bicyclic) bond motifs is 1. The average molecular weight is 350 g/mol. The summed E-state index contributed by atoms with van der Waals surface area (Å²) in [6.07, 6.45) is 1.97. The standard InChI is InChI=1S/C23H28NO2/c1-5-13-25-19-15-20(17(3)23(16-19)26-14-6-2)22-12-11-18-9-7-8-10-21(18)24(22)4/h7-12,15-16H,5-6,13-14H2,1-4H3/q+1. The van der Waals surface area contributed by atoms with Crippen molar-refractivity contribution in [3.05, 3.63) is 54.1 Å². The largest absolute Gasteiger partial charge is 0.493 e. The first kappa shape index (κ1) is 18.2. The van der Waals surface area contributed by atoms with Gasteiger partial charge in [-0.25, -0.2) is 0 Å². The van der Waals surface area contributed by atoms with Crippen molar-refractivity contribution in [1.29, 1.82) is 0 Å². The Bertz CT molecular complexity index is 902. The van der Waals surface area contributed by atoms with E-state index >= 15 is 0 Å². The van der Waals surface area contributed by atoms with Crippen LogP contribution in [0.5, 0.6) is 11.5 Å². The Balaban J connectivity index is 2.14. The molecule has 0 bridgehead atoms. The molecule has 0 amide bonds. The van der Waals surface area contributed by atoms with E-state index in [0.29, 0.717) is 13.2 Å². The fourth-order valence-electron chi connectivity index (χ4n) is 3.21. The van der Waals surface area contributed by atoms with E-state index in [4.69, 9.17) is 9.47 Å². The molecule has 0 saturated carbocycles. The minimum Gasteiger partial charge on any atom is -0.493 e. The average Bonchev–Trinajstić information content (AvgIpc) is 2.67. The summed E-state index contributed by atoms with van der Waals surface area (Å²) < 4.78 is 14.2. The van der Waals surface area contributed by atoms with E-state index in [1.54, 1.807) is 0 Å². The van der Waals surface area contributed by atoms with Crippen LogP contribution in [0.25, 0.3) is 22.2 Å². The highest BCUT2D eigenvalue weighted by Gasteiger charge is 2.19. The summed E-state index contributed by atoms with van der Waals surface area (Å²) >= 11 is 0. The van der Waals surface area contributed by atoms with Gasteiger partial charge >= 0.3 is 0 Å². The van der Waals surface area contributed by atoms with Crippen molar-refractivity contribution in [2.75, 3.05) is 13.2 Å². The van der Waals surface area contributed by atoms with Crippen LogP contribution in [0.15, 0.2) is 48.5 Å². The summed E-state index contributed by atoms with van der Waals surface area (Å²) in [6.45, 7) is 7.78. The van der Waals surface area contributed by atoms with E-state index in [9.17, 15) is 0 Å². The molecule has 0 fully saturated rings. The molecule has 3 nitrogen and oxygen atoms in total. The highest BCUT2D eigenvalue weighted by molar-refractivity contribution is 5.78. The minimum absolute atomic E-state index is 0.708. The van der Waals surface area contributed by atoms with Gasteiger partial charge in [0.1, 0.15) is 18.5 Å². The van der Waals surface area contributed by atoms with E-state index in [0.717, 1.165) is 41.2 Å². The summed E-state index contributed by atoms with van der Waals surface area (Å²) in [7, 11) is 2.11. The Kier molecular flexibility index (Phi) is 5.77. The van der Waals surface area contributed by atoms with E-state index < -0.39 is 0 Å². The lowest BCUT2D eigenvalue weighted by molar-refractivity contribution is -0.633. The normalized spacial score (nSPS) is 10.9. The van der Waals surface area contributed by atoms with Crippen molar-refractivity contribution in [2.45, 2.75) is 33.6 Å². The highest BCUT2D eigenvalue weighted by Crippen LogP contribution is 2.34. The van der Waals surface area contributed by atoms with Crippen molar-refractivity contribution in [2.24, 2.45) is 7.05 Å². The first-order chi connectivity index (χ1) is 12.7. The topological polar surface area (TPSA) is 22.3 Å². The lowest BCUT2D eigenvalue weighted by Gasteiger charge is -2.15. The van der Waals surface area contributed by atoms with Gasteiger partial charge in [0.25, 0.3) is 0 Å². The van der Waals surface area contributed by atoms with Crippen LogP contribution in [0, 0.1) is 6.92 Å². The SMILES string of the molecule is CCCOc1cc(OCCC)c(C)c(-c2ccc3ccccc3[n+]2C)c1. The maximum absolute atomic E-state index is 6.01. The first-order valence-corrected chi connectivity index (χ1v) is 9.44. The Labute approximate surface area is 156 Å². The third kappa shape index (κ3) is 3.67. The second-order valence-corrected chi connectivity index (χ2v) is 6.63. The van der Waals surface area contributed by atoms with Crippen molar-refractivity contribution in [1.82, 2.24) is 0 Å². The number of pyridine rings is 1. The molecule has 3 heteroatoms. The minimum atomic E-state index is 0.708. The van der Waals surface area contributed by atoms with Gasteiger partial charge < -0.3 is 9.47 Å². The number of nitrogens with zero attached hydrogens (tertiary/aromatic N) is 1. The fourth-order valence-corrected chi connectivity index (χ4v) is 3.21. The van der Waals surface area contributed by atoms with Gasteiger partial charge in [0, 0.05) is 29.1 Å². The number of aromatic nitrogens is 1. The lowest BCUT2D eigenvalue weighted by Crippen LogP contribution is -2.32. The number of para-hydroxylation sites is 1. The predicted molar refractivity (Wildman–Crippen MR) is 107 cm³/mol. The first-order valence-electron chi connectivity index (χ1n) is 9.44. The third-order valence-electron chi connectivity index (χ3n) is 4.62. The number of hydrogen-bond acceptors (Lipinski definition) is 2. The molecular formula is C23H28NO2+. The second kappa shape index (κ2) is 8.22. The van der Waals surface area contributed by atoms with Crippen LogP contribution in [0.2, 0.25) is 0 Å². The molecule has 0 spiro atoms. The number of ether oxygens (including phenoxy) is 2. The molecule has 1 heterocycles. The van der Waals surface area contributed by atoms with Crippen molar-refractivity contribution in [3.8, 4) is 22.8 Å². The van der Waals surface area contributed by atoms with Gasteiger partial charge in [0.05, 0.1) is 18.8 Å². The van der Waals surface area contributed by atoms with Crippen LogP contribution in [-0.2, 0) is 7.05 Å². The third-order valence-corrected chi connectivity index (χ3v) is 4.62. The molecule has 2 aromatic carbocycles. The smallest absolute Gasteiger partial charge is 0.213 e. The van der Waals surface area contributed by atoms with Crippen LogP contribution >= 0.6 is 0 Å². The van der Waals surface area contributed by atoms with E-state index in [1.807, 2.05) is 6.07 Å². The number of benzene rings is 2. The zero-order valence-corrected chi connectivity index (χ0v) is 16.2. The summed E-state index contributed by atoms with van der Waals surface area (Å²) in [5, 5.41) is 1.23. The van der Waals surface area contributed by atoms with Crippen LogP contribution in [0.4, 0.5) is 0 Å². The Morgan fingerprint density at radius 2 is 1.62 bits per heavy atom. The zero-order valence-electron chi connectivity index (χ0n) is 16.2. The van der Waals surface area contributed by atoms with Gasteiger partial charge in [0.2, 0.25) is 11.2 Å². The quantitative estimate of drug-likeness (QED) is 0.545. The van der Waals surface area contributed by atoms with Gasteiger partial charge in [-0.05, 0) is 38.0 Å². The second-order valence-electron chi connectivity index (χ2n) is 6.63. The maximum atomic E-state index is 6.01. The molecule has 1 aromatic heterocycles. The lowest BCUT2D eigenvalue weighted by atomic mass is 10.0. The van der Waals surface area contributed by atoms with Crippen molar-refractivity contribution >= 4 is 10.9 Å². The van der Waals surface area contributed by atoms with Crippen LogP contribution < -0.4 is 14.0 Å². The summed E-state index contributed by atoms with van der Waals surface area (Å²) in [4.78, 5) is 0. The van der Waals surface area contributed by atoms with Gasteiger partial charge in [-0.3, -0.25) is 0 Å². The predicted octanol–water partition coefficient (Wildman–Crippen LogP) is 5.22. The number of hydrogen-bond donors (Lipinski definition) is 0. The summed E-state index contributed by atoms with van der Waals surface area (Å²) in [6, 6.07) is 17.0. The number of aryl methyl sites for hydroxylation is 1. The zero-order chi connectivity index (χ0) is 18.5. The monoisotopic (exact) mass is 350 g/mol. The molecule has 0 aliphatic heterocycles. The molecule has 0 N–H and O–H groups in total. The molecular weight excluding hydrogens is 322 g/mol. The molecule has 26 heavy (non-hydrogen) atoms. The van der Waals surface area contributed by atoms with Crippen molar-refractivity contribution < 1.29 is 14.0 Å². The van der Waals surface area contributed by atoms with Gasteiger partial charge in [-0.1, -0.05) is 26.0 Å². The molecule has 0 saturated heterocycles. The Morgan fingerprint density at radius 3 is 2.38 bits per heavy atom. The van der Waals surface area contributed by atoms with E-state index in [-0.39, 0.29) is 0 Å². The highest BCUT2D eigenvalue weighted by atomic mass is 16.5. The van der Waals surface area contributed by atoms with Crippen LogP contribution in [0.1, 0.15) is 32.3 Å². The van der Waals surface area contributed by atoms with Gasteiger partial charge in [0.15, 0.2) is 0 Å². The fraction of sp³-hybridized carbons (Fsp3) is 0.348. The molecule has 3 rings (SSSR count). The summed E-state index contributed by atoms with van der Waals surface area (Å²) in [5.74, 6) is 1.77. The van der Waals surface area contributed by atoms with Crippen LogP contribution in [-0.4, -0.2) is 13.2 Å². The Hall–Kier alpha value is -2.55.